The highest BCUT2D eigenvalue weighted by molar-refractivity contribution is 5.99. The van der Waals surface area contributed by atoms with Crippen molar-refractivity contribution in [3.8, 4) is 0 Å². The van der Waals surface area contributed by atoms with Gasteiger partial charge in [0.25, 0.3) is 5.91 Å². The zero-order valence-electron chi connectivity index (χ0n) is 13.3. The van der Waals surface area contributed by atoms with Crippen LogP contribution in [0.25, 0.3) is 10.8 Å². The van der Waals surface area contributed by atoms with Crippen molar-refractivity contribution in [3.63, 3.8) is 0 Å². The van der Waals surface area contributed by atoms with Gasteiger partial charge in [-0.3, -0.25) is 4.79 Å². The van der Waals surface area contributed by atoms with E-state index in [1.807, 2.05) is 24.3 Å². The monoisotopic (exact) mass is 309 g/mol. The summed E-state index contributed by atoms with van der Waals surface area (Å²) in [5.41, 5.74) is 3.61. The van der Waals surface area contributed by atoms with E-state index < -0.39 is 0 Å². The summed E-state index contributed by atoms with van der Waals surface area (Å²) in [6, 6.07) is 14.7. The Morgan fingerprint density at radius 3 is 2.74 bits per heavy atom. The van der Waals surface area contributed by atoms with Crippen LogP contribution in [0, 0.1) is 0 Å². The first kappa shape index (κ1) is 15.7. The number of hydrogen-bond donors (Lipinski definition) is 2. The average Bonchev–Trinajstić information content (AvgIpc) is 2.61. The maximum Gasteiger partial charge on any atom is 0.254 e. The van der Waals surface area contributed by atoms with E-state index in [4.69, 9.17) is 0 Å². The van der Waals surface area contributed by atoms with Gasteiger partial charge < -0.3 is 5.32 Å². The van der Waals surface area contributed by atoms with E-state index in [0.29, 0.717) is 12.6 Å². The van der Waals surface area contributed by atoms with Crippen molar-refractivity contribution in [1.82, 2.24) is 10.7 Å². The number of rotatable bonds is 5. The van der Waals surface area contributed by atoms with Crippen LogP contribution in [0.2, 0.25) is 0 Å². The molecular formula is C19H23N3O. The van der Waals surface area contributed by atoms with Crippen LogP contribution in [-0.4, -0.2) is 24.7 Å². The Hall–Kier alpha value is -2.20. The molecule has 1 aliphatic carbocycles. The molecule has 0 aromatic heterocycles. The van der Waals surface area contributed by atoms with E-state index in [2.05, 4.69) is 34.0 Å². The van der Waals surface area contributed by atoms with Crippen LogP contribution in [0.1, 0.15) is 37.7 Å². The lowest BCUT2D eigenvalue weighted by atomic mass is 9.95. The Morgan fingerprint density at radius 2 is 1.87 bits per heavy atom. The quantitative estimate of drug-likeness (QED) is 0.658. The van der Waals surface area contributed by atoms with Crippen molar-refractivity contribution >= 4 is 22.9 Å². The molecule has 1 saturated carbocycles. The summed E-state index contributed by atoms with van der Waals surface area (Å²) < 4.78 is 0. The minimum absolute atomic E-state index is 0.0907. The summed E-state index contributed by atoms with van der Waals surface area (Å²) in [5, 5.41) is 9.71. The Morgan fingerprint density at radius 1 is 1.09 bits per heavy atom. The van der Waals surface area contributed by atoms with Gasteiger partial charge in [0.15, 0.2) is 0 Å². The predicted molar refractivity (Wildman–Crippen MR) is 94.6 cm³/mol. The smallest absolute Gasteiger partial charge is 0.254 e. The number of hydrogen-bond acceptors (Lipinski definition) is 3. The fourth-order valence-electron chi connectivity index (χ4n) is 3.12. The number of nitrogens with zero attached hydrogens (tertiary/aromatic N) is 1. The first-order chi connectivity index (χ1) is 11.3. The second-order valence-corrected chi connectivity index (χ2v) is 6.08. The Balaban J connectivity index is 1.52. The number of carbonyl (C=O) groups is 1. The lowest BCUT2D eigenvalue weighted by Crippen LogP contribution is -2.38. The van der Waals surface area contributed by atoms with E-state index >= 15 is 0 Å². The van der Waals surface area contributed by atoms with Gasteiger partial charge >= 0.3 is 0 Å². The predicted octanol–water partition coefficient (Wildman–Crippen LogP) is 3.21. The molecule has 4 nitrogen and oxygen atoms in total. The lowest BCUT2D eigenvalue weighted by Gasteiger charge is -2.22. The maximum atomic E-state index is 11.9. The number of nitrogens with one attached hydrogen (secondary N) is 2. The van der Waals surface area contributed by atoms with Crippen LogP contribution < -0.4 is 10.7 Å². The number of benzene rings is 2. The van der Waals surface area contributed by atoms with E-state index in [1.54, 1.807) is 6.21 Å². The van der Waals surface area contributed by atoms with Crippen molar-refractivity contribution in [1.29, 1.82) is 0 Å². The molecule has 0 saturated heterocycles. The van der Waals surface area contributed by atoms with E-state index in [1.165, 1.54) is 37.5 Å². The third-order valence-electron chi connectivity index (χ3n) is 4.37. The molecule has 3 rings (SSSR count). The third kappa shape index (κ3) is 4.39. The highest BCUT2D eigenvalue weighted by Gasteiger charge is 2.13. The normalized spacial score (nSPS) is 16.0. The molecule has 1 fully saturated rings. The topological polar surface area (TPSA) is 53.5 Å². The molecule has 0 radical (unpaired) electrons. The second kappa shape index (κ2) is 7.88. The van der Waals surface area contributed by atoms with Crippen molar-refractivity contribution in [2.24, 2.45) is 5.10 Å². The van der Waals surface area contributed by atoms with Gasteiger partial charge in [0.2, 0.25) is 0 Å². The summed E-state index contributed by atoms with van der Waals surface area (Å²) in [4.78, 5) is 11.9. The molecule has 2 aromatic rings. The van der Waals surface area contributed by atoms with Gasteiger partial charge in [0.05, 0.1) is 12.8 Å². The van der Waals surface area contributed by atoms with Crippen LogP contribution >= 0.6 is 0 Å². The molecular weight excluding hydrogens is 286 g/mol. The molecule has 2 N–H and O–H groups in total. The summed E-state index contributed by atoms with van der Waals surface area (Å²) in [5.74, 6) is -0.0907. The van der Waals surface area contributed by atoms with Gasteiger partial charge in [-0.2, -0.15) is 5.10 Å². The van der Waals surface area contributed by atoms with Crippen LogP contribution in [0.5, 0.6) is 0 Å². The molecule has 2 aromatic carbocycles. The molecule has 1 amide bonds. The van der Waals surface area contributed by atoms with Crippen LogP contribution in [0.3, 0.4) is 0 Å². The molecule has 0 aliphatic heterocycles. The summed E-state index contributed by atoms with van der Waals surface area (Å²) in [6.45, 7) is 0.331. The average molecular weight is 309 g/mol. The van der Waals surface area contributed by atoms with Gasteiger partial charge in [-0.05, 0) is 23.6 Å². The first-order valence-corrected chi connectivity index (χ1v) is 8.36. The van der Waals surface area contributed by atoms with Crippen molar-refractivity contribution < 1.29 is 4.79 Å². The maximum absolute atomic E-state index is 11.9. The molecule has 120 valence electrons. The molecule has 23 heavy (non-hydrogen) atoms. The molecule has 0 bridgehead atoms. The number of hydrazone groups is 1. The zero-order chi connectivity index (χ0) is 15.9. The minimum Gasteiger partial charge on any atom is -0.306 e. The second-order valence-electron chi connectivity index (χ2n) is 6.08. The molecule has 0 heterocycles. The SMILES string of the molecule is O=C(CNC1CCCCC1)N/N=C\c1cccc2ccccc12. The molecule has 4 heteroatoms. The Kier molecular flexibility index (Phi) is 5.37. The highest BCUT2D eigenvalue weighted by atomic mass is 16.2. The first-order valence-electron chi connectivity index (χ1n) is 8.36. The fraction of sp³-hybridized carbons (Fsp3) is 0.368. The zero-order valence-corrected chi connectivity index (χ0v) is 13.3. The van der Waals surface area contributed by atoms with Crippen LogP contribution in [0.15, 0.2) is 47.6 Å². The van der Waals surface area contributed by atoms with E-state index in [-0.39, 0.29) is 5.91 Å². The standard InChI is InChI=1S/C19H23N3O/c23-19(14-20-17-10-2-1-3-11-17)22-21-13-16-9-6-8-15-7-4-5-12-18(15)16/h4-9,12-13,17,20H,1-3,10-11,14H2,(H,22,23)/b21-13-. The van der Waals surface area contributed by atoms with E-state index in [0.717, 1.165) is 10.9 Å². The number of fused-ring (bicyclic) bond motifs is 1. The molecule has 0 unspecified atom stereocenters. The molecule has 0 atom stereocenters. The lowest BCUT2D eigenvalue weighted by molar-refractivity contribution is -0.120. The van der Waals surface area contributed by atoms with Crippen molar-refractivity contribution in [2.75, 3.05) is 6.54 Å². The van der Waals surface area contributed by atoms with Gasteiger partial charge in [-0.15, -0.1) is 0 Å². The summed E-state index contributed by atoms with van der Waals surface area (Å²) in [7, 11) is 0. The summed E-state index contributed by atoms with van der Waals surface area (Å²) >= 11 is 0. The molecule has 0 spiro atoms. The van der Waals surface area contributed by atoms with Crippen LogP contribution in [-0.2, 0) is 4.79 Å². The van der Waals surface area contributed by atoms with Gasteiger partial charge in [0, 0.05) is 11.6 Å². The molecule has 1 aliphatic rings. The van der Waals surface area contributed by atoms with Crippen molar-refractivity contribution in [3.05, 3.63) is 48.0 Å². The highest BCUT2D eigenvalue weighted by Crippen LogP contribution is 2.17. The third-order valence-corrected chi connectivity index (χ3v) is 4.37. The minimum atomic E-state index is -0.0907. The Bertz CT molecular complexity index is 685. The van der Waals surface area contributed by atoms with Gasteiger partial charge in [-0.1, -0.05) is 61.7 Å². The number of carbonyl (C=O) groups excluding carboxylic acids is 1. The van der Waals surface area contributed by atoms with Gasteiger partial charge in [0.1, 0.15) is 0 Å². The largest absolute Gasteiger partial charge is 0.306 e. The van der Waals surface area contributed by atoms with E-state index in [9.17, 15) is 4.79 Å². The van der Waals surface area contributed by atoms with Gasteiger partial charge in [-0.25, -0.2) is 5.43 Å². The fourth-order valence-corrected chi connectivity index (χ4v) is 3.12. The van der Waals surface area contributed by atoms with Crippen LogP contribution in [0.4, 0.5) is 0 Å². The Labute approximate surface area is 137 Å². The number of amides is 1. The summed E-state index contributed by atoms with van der Waals surface area (Å²) in [6.07, 6.45) is 7.90. The van der Waals surface area contributed by atoms with Crippen molar-refractivity contribution in [2.45, 2.75) is 38.1 Å².